The molecule has 0 aliphatic carbocycles. The first-order valence-electron chi connectivity index (χ1n) is 3.72. The van der Waals surface area contributed by atoms with E-state index in [0.29, 0.717) is 11.5 Å². The second kappa shape index (κ2) is 4.28. The molecule has 13 heavy (non-hydrogen) atoms. The highest BCUT2D eigenvalue weighted by Crippen LogP contribution is 2.39. The fourth-order valence-corrected chi connectivity index (χ4v) is 1.68. The Kier molecular flexibility index (Phi) is 3.31. The van der Waals surface area contributed by atoms with Crippen molar-refractivity contribution in [1.29, 1.82) is 0 Å². The van der Waals surface area contributed by atoms with Gasteiger partial charge in [0.1, 0.15) is 5.75 Å². The Morgan fingerprint density at radius 1 is 1.23 bits per heavy atom. The van der Waals surface area contributed by atoms with E-state index in [2.05, 4.69) is 0 Å². The third-order valence-electron chi connectivity index (χ3n) is 1.65. The summed E-state index contributed by atoms with van der Waals surface area (Å²) in [5, 5.41) is 9.33. The Labute approximate surface area is 81.7 Å². The molecule has 1 aromatic rings. The Balaban J connectivity index is 3.25. The second-order valence-corrected chi connectivity index (χ2v) is 3.23. The highest BCUT2D eigenvalue weighted by Gasteiger charge is 2.10. The molecule has 0 radical (unpaired) electrons. The van der Waals surface area contributed by atoms with Crippen molar-refractivity contribution >= 4 is 11.8 Å². The summed E-state index contributed by atoms with van der Waals surface area (Å²) in [5.74, 6) is 1.39. The van der Waals surface area contributed by atoms with Crippen LogP contribution < -0.4 is 9.47 Å². The number of hydrogen-bond donors (Lipinski definition) is 1. The van der Waals surface area contributed by atoms with Crippen LogP contribution in [-0.2, 0) is 0 Å². The Morgan fingerprint density at radius 3 is 2.38 bits per heavy atom. The molecule has 1 N–H and O–H groups in total. The van der Waals surface area contributed by atoms with Gasteiger partial charge in [0.15, 0.2) is 11.5 Å². The van der Waals surface area contributed by atoms with Gasteiger partial charge in [0.2, 0.25) is 0 Å². The van der Waals surface area contributed by atoms with Gasteiger partial charge in [-0.2, -0.15) is 0 Å². The molecule has 0 aliphatic rings. The van der Waals surface area contributed by atoms with Crippen molar-refractivity contribution in [3.63, 3.8) is 0 Å². The highest BCUT2D eigenvalue weighted by molar-refractivity contribution is 7.98. The van der Waals surface area contributed by atoms with E-state index in [1.165, 1.54) is 17.8 Å². The van der Waals surface area contributed by atoms with Gasteiger partial charge >= 0.3 is 0 Å². The average Bonchev–Trinajstić information content (AvgIpc) is 2.16. The molecule has 0 atom stereocenters. The molecular formula is C9H12O3S. The summed E-state index contributed by atoms with van der Waals surface area (Å²) >= 11 is 1.50. The van der Waals surface area contributed by atoms with Crippen LogP contribution in [0.4, 0.5) is 0 Å². The second-order valence-electron chi connectivity index (χ2n) is 2.38. The van der Waals surface area contributed by atoms with Crippen molar-refractivity contribution in [2.45, 2.75) is 4.90 Å². The molecule has 0 saturated heterocycles. The number of methoxy groups -OCH3 is 2. The van der Waals surface area contributed by atoms with Crippen LogP contribution in [0, 0.1) is 0 Å². The first-order chi connectivity index (χ1) is 6.22. The lowest BCUT2D eigenvalue weighted by Crippen LogP contribution is -1.92. The number of ether oxygens (including phenoxy) is 2. The number of thioether (sulfide) groups is 1. The van der Waals surface area contributed by atoms with Gasteiger partial charge < -0.3 is 14.6 Å². The lowest BCUT2D eigenvalue weighted by molar-refractivity contribution is 0.344. The predicted octanol–water partition coefficient (Wildman–Crippen LogP) is 2.13. The van der Waals surface area contributed by atoms with Gasteiger partial charge in [-0.05, 0) is 12.3 Å². The third-order valence-corrected chi connectivity index (χ3v) is 2.39. The van der Waals surface area contributed by atoms with E-state index in [1.54, 1.807) is 20.3 Å². The molecule has 3 nitrogen and oxygen atoms in total. The maximum Gasteiger partial charge on any atom is 0.174 e. The van der Waals surface area contributed by atoms with Gasteiger partial charge in [-0.1, -0.05) is 0 Å². The van der Waals surface area contributed by atoms with E-state index in [0.717, 1.165) is 4.90 Å². The van der Waals surface area contributed by atoms with Crippen LogP contribution in [0.2, 0.25) is 0 Å². The minimum Gasteiger partial charge on any atom is -0.508 e. The molecule has 1 aromatic carbocycles. The minimum absolute atomic E-state index is 0.182. The van der Waals surface area contributed by atoms with Crippen LogP contribution >= 0.6 is 11.8 Å². The molecule has 72 valence electrons. The lowest BCUT2D eigenvalue weighted by atomic mass is 10.3. The van der Waals surface area contributed by atoms with Gasteiger partial charge in [0, 0.05) is 6.07 Å². The summed E-state index contributed by atoms with van der Waals surface area (Å²) in [4.78, 5) is 0.861. The summed E-state index contributed by atoms with van der Waals surface area (Å²) in [6.07, 6.45) is 1.91. The van der Waals surface area contributed by atoms with Crippen molar-refractivity contribution in [2.75, 3.05) is 20.5 Å². The smallest absolute Gasteiger partial charge is 0.174 e. The van der Waals surface area contributed by atoms with Crippen molar-refractivity contribution in [3.8, 4) is 17.2 Å². The van der Waals surface area contributed by atoms with Crippen LogP contribution in [0.25, 0.3) is 0 Å². The van der Waals surface area contributed by atoms with E-state index in [9.17, 15) is 5.11 Å². The van der Waals surface area contributed by atoms with Gasteiger partial charge in [-0.3, -0.25) is 0 Å². The number of benzene rings is 1. The molecule has 4 heteroatoms. The van der Waals surface area contributed by atoms with E-state index < -0.39 is 0 Å². The number of rotatable bonds is 3. The average molecular weight is 200 g/mol. The summed E-state index contributed by atoms with van der Waals surface area (Å²) < 4.78 is 10.2. The van der Waals surface area contributed by atoms with Gasteiger partial charge in [-0.25, -0.2) is 0 Å². The van der Waals surface area contributed by atoms with E-state index >= 15 is 0 Å². The molecule has 0 spiro atoms. The normalized spacial score (nSPS) is 9.77. The van der Waals surface area contributed by atoms with Crippen molar-refractivity contribution in [2.24, 2.45) is 0 Å². The zero-order chi connectivity index (χ0) is 9.84. The van der Waals surface area contributed by atoms with Gasteiger partial charge in [0.05, 0.1) is 19.1 Å². The fraction of sp³-hybridized carbons (Fsp3) is 0.333. The van der Waals surface area contributed by atoms with Crippen LogP contribution in [0.15, 0.2) is 17.0 Å². The predicted molar refractivity (Wildman–Crippen MR) is 53.0 cm³/mol. The van der Waals surface area contributed by atoms with Crippen LogP contribution in [0.5, 0.6) is 17.2 Å². The molecule has 0 fully saturated rings. The van der Waals surface area contributed by atoms with Crippen LogP contribution in [0.1, 0.15) is 0 Å². The topological polar surface area (TPSA) is 38.7 Å². The lowest BCUT2D eigenvalue weighted by Gasteiger charge is -2.11. The summed E-state index contributed by atoms with van der Waals surface area (Å²) in [6.45, 7) is 0. The maximum absolute atomic E-state index is 9.33. The van der Waals surface area contributed by atoms with Crippen molar-refractivity contribution < 1.29 is 14.6 Å². The van der Waals surface area contributed by atoms with Crippen molar-refractivity contribution in [3.05, 3.63) is 12.1 Å². The number of aromatic hydroxyl groups is 1. The molecule has 0 aromatic heterocycles. The van der Waals surface area contributed by atoms with E-state index in [4.69, 9.17) is 9.47 Å². The minimum atomic E-state index is 0.182. The van der Waals surface area contributed by atoms with Gasteiger partial charge in [0.25, 0.3) is 0 Å². The van der Waals surface area contributed by atoms with E-state index in [-0.39, 0.29) is 5.75 Å². The monoisotopic (exact) mass is 200 g/mol. The molecule has 0 unspecified atom stereocenters. The maximum atomic E-state index is 9.33. The van der Waals surface area contributed by atoms with E-state index in [1.807, 2.05) is 6.26 Å². The molecule has 0 heterocycles. The molecule has 0 aliphatic heterocycles. The molecule has 0 bridgehead atoms. The summed E-state index contributed by atoms with van der Waals surface area (Å²) in [5.41, 5.74) is 0. The molecule has 0 amide bonds. The molecule has 1 rings (SSSR count). The number of hydrogen-bond acceptors (Lipinski definition) is 4. The SMILES string of the molecule is COc1cc(O)cc(SC)c1OC. The van der Waals surface area contributed by atoms with Crippen molar-refractivity contribution in [1.82, 2.24) is 0 Å². The highest BCUT2D eigenvalue weighted by atomic mass is 32.2. The number of phenols is 1. The standard InChI is InChI=1S/C9H12O3S/c1-11-7-4-6(10)5-8(13-3)9(7)12-2/h4-5,10H,1-3H3. The zero-order valence-electron chi connectivity index (χ0n) is 7.83. The van der Waals surface area contributed by atoms with Gasteiger partial charge in [-0.15, -0.1) is 11.8 Å². The third kappa shape index (κ3) is 2.01. The molecule has 0 saturated carbocycles. The Morgan fingerprint density at radius 2 is 1.92 bits per heavy atom. The zero-order valence-corrected chi connectivity index (χ0v) is 8.64. The first kappa shape index (κ1) is 10.1. The largest absolute Gasteiger partial charge is 0.508 e. The van der Waals surface area contributed by atoms with Crippen LogP contribution in [-0.4, -0.2) is 25.6 Å². The quantitative estimate of drug-likeness (QED) is 0.759. The number of phenolic OH excluding ortho intramolecular Hbond substituents is 1. The molecular weight excluding hydrogens is 188 g/mol. The summed E-state index contributed by atoms with van der Waals surface area (Å²) in [6, 6.07) is 3.17. The van der Waals surface area contributed by atoms with Crippen LogP contribution in [0.3, 0.4) is 0 Å². The summed E-state index contributed by atoms with van der Waals surface area (Å²) in [7, 11) is 3.12. The first-order valence-corrected chi connectivity index (χ1v) is 4.94. The Hall–Kier alpha value is -1.03. The Bertz CT molecular complexity index is 274. The fourth-order valence-electron chi connectivity index (χ4n) is 1.07.